The van der Waals surface area contributed by atoms with E-state index in [-0.39, 0.29) is 4.60 Å². The highest BCUT2D eigenvalue weighted by atomic mass is 79.9. The minimum atomic E-state index is -4.58. The van der Waals surface area contributed by atoms with Crippen molar-refractivity contribution < 1.29 is 26.3 Å². The standard InChI is InChI=1S/C5H2BrF3N2.C5H3F3N2O/c6-3-1-2-10-4(11-3)5(7,8)9;6-5(7,8)4-9-2-1-3(11)10-4/h1-2H;1-2H,(H,9,10,11). The molecule has 0 aliphatic carbocycles. The zero-order chi connectivity index (χ0) is 17.0. The van der Waals surface area contributed by atoms with Crippen LogP contribution in [0.5, 0.6) is 0 Å². The lowest BCUT2D eigenvalue weighted by Gasteiger charge is -2.02. The van der Waals surface area contributed by atoms with Crippen molar-refractivity contribution in [2.24, 2.45) is 0 Å². The molecule has 2 heterocycles. The van der Waals surface area contributed by atoms with Gasteiger partial charge in [0.05, 0.1) is 0 Å². The van der Waals surface area contributed by atoms with E-state index in [1.807, 2.05) is 0 Å². The van der Waals surface area contributed by atoms with Gasteiger partial charge in [0.2, 0.25) is 11.6 Å². The number of hydrogen-bond donors (Lipinski definition) is 1. The molecule has 2 aromatic rings. The molecule has 2 aromatic heterocycles. The SMILES string of the molecule is FC(F)(F)c1nccc(Br)n1.O=c1ccnc(C(F)(F)F)[nH]1. The topological polar surface area (TPSA) is 71.5 Å². The first-order chi connectivity index (χ1) is 10.00. The molecule has 0 aliphatic heterocycles. The lowest BCUT2D eigenvalue weighted by Crippen LogP contribution is -2.17. The van der Waals surface area contributed by atoms with E-state index in [0.29, 0.717) is 0 Å². The summed E-state index contributed by atoms with van der Waals surface area (Å²) >= 11 is 2.80. The Hall–Kier alpha value is -1.98. The lowest BCUT2D eigenvalue weighted by molar-refractivity contribution is -0.145. The Morgan fingerprint density at radius 3 is 1.91 bits per heavy atom. The predicted molar refractivity (Wildman–Crippen MR) is 64.6 cm³/mol. The van der Waals surface area contributed by atoms with Gasteiger partial charge in [-0.1, -0.05) is 0 Å². The fourth-order valence-electron chi connectivity index (χ4n) is 0.987. The summed E-state index contributed by atoms with van der Waals surface area (Å²) in [6.45, 7) is 0. The third kappa shape index (κ3) is 5.79. The van der Waals surface area contributed by atoms with Gasteiger partial charge in [0.1, 0.15) is 4.60 Å². The molecule has 0 saturated carbocycles. The van der Waals surface area contributed by atoms with Gasteiger partial charge in [0, 0.05) is 18.5 Å². The molecule has 0 radical (unpaired) electrons. The zero-order valence-electron chi connectivity index (χ0n) is 10.2. The summed E-state index contributed by atoms with van der Waals surface area (Å²) in [6.07, 6.45) is -7.20. The summed E-state index contributed by atoms with van der Waals surface area (Å²) in [5, 5.41) is 0. The Kier molecular flexibility index (Phi) is 5.63. The van der Waals surface area contributed by atoms with Crippen LogP contribution in [0.25, 0.3) is 0 Å². The predicted octanol–water partition coefficient (Wildman–Crippen LogP) is 3.05. The third-order valence-electron chi connectivity index (χ3n) is 1.81. The molecule has 2 rings (SSSR count). The first-order valence-corrected chi connectivity index (χ1v) is 5.97. The van der Waals surface area contributed by atoms with Crippen molar-refractivity contribution in [2.75, 3.05) is 0 Å². The molecule has 0 amide bonds. The van der Waals surface area contributed by atoms with Crippen molar-refractivity contribution in [2.45, 2.75) is 12.4 Å². The molecule has 0 unspecified atom stereocenters. The Bertz CT molecular complexity index is 684. The van der Waals surface area contributed by atoms with Crippen LogP contribution in [0.1, 0.15) is 11.6 Å². The number of nitrogens with zero attached hydrogens (tertiary/aromatic N) is 3. The van der Waals surface area contributed by atoms with Crippen LogP contribution in [0.2, 0.25) is 0 Å². The van der Waals surface area contributed by atoms with Crippen molar-refractivity contribution in [3.8, 4) is 0 Å². The molecule has 12 heteroatoms. The lowest BCUT2D eigenvalue weighted by atomic mass is 10.5. The molecular formula is C10H5BrF6N4O. The summed E-state index contributed by atoms with van der Waals surface area (Å²) in [4.78, 5) is 21.0. The molecule has 0 aliphatic rings. The maximum Gasteiger partial charge on any atom is 0.451 e. The second-order valence-electron chi connectivity index (χ2n) is 3.48. The first-order valence-electron chi connectivity index (χ1n) is 5.18. The zero-order valence-corrected chi connectivity index (χ0v) is 11.8. The van der Waals surface area contributed by atoms with Gasteiger partial charge in [-0.25, -0.2) is 15.0 Å². The van der Waals surface area contributed by atoms with E-state index in [9.17, 15) is 31.1 Å². The van der Waals surface area contributed by atoms with E-state index < -0.39 is 29.6 Å². The van der Waals surface area contributed by atoms with Crippen LogP contribution in [-0.4, -0.2) is 19.9 Å². The van der Waals surface area contributed by atoms with Gasteiger partial charge < -0.3 is 4.98 Å². The van der Waals surface area contributed by atoms with Crippen LogP contribution < -0.4 is 5.56 Å². The van der Waals surface area contributed by atoms with Gasteiger partial charge in [-0.2, -0.15) is 26.3 Å². The van der Waals surface area contributed by atoms with E-state index in [1.165, 1.54) is 6.07 Å². The number of halogens is 7. The highest BCUT2D eigenvalue weighted by Crippen LogP contribution is 2.26. The van der Waals surface area contributed by atoms with Crippen molar-refractivity contribution >= 4 is 15.9 Å². The average Bonchev–Trinajstić information content (AvgIpc) is 2.37. The summed E-state index contributed by atoms with van der Waals surface area (Å²) < 4.78 is 70.8. The van der Waals surface area contributed by atoms with E-state index in [4.69, 9.17) is 0 Å². The number of nitrogens with one attached hydrogen (secondary N) is 1. The minimum Gasteiger partial charge on any atom is -0.303 e. The highest BCUT2D eigenvalue weighted by molar-refractivity contribution is 9.10. The van der Waals surface area contributed by atoms with Crippen LogP contribution in [-0.2, 0) is 12.4 Å². The number of alkyl halides is 6. The average molecular weight is 391 g/mol. The Labute approximate surface area is 126 Å². The van der Waals surface area contributed by atoms with Crippen LogP contribution in [0.3, 0.4) is 0 Å². The van der Waals surface area contributed by atoms with Crippen molar-refractivity contribution in [1.82, 2.24) is 19.9 Å². The summed E-state index contributed by atoms with van der Waals surface area (Å²) in [7, 11) is 0. The van der Waals surface area contributed by atoms with Gasteiger partial charge >= 0.3 is 12.4 Å². The van der Waals surface area contributed by atoms with Gasteiger partial charge in [-0.15, -0.1) is 0 Å². The van der Waals surface area contributed by atoms with Crippen LogP contribution in [0, 0.1) is 0 Å². The van der Waals surface area contributed by atoms with Crippen LogP contribution in [0.15, 0.2) is 33.9 Å². The van der Waals surface area contributed by atoms with Gasteiger partial charge in [0.25, 0.3) is 5.56 Å². The van der Waals surface area contributed by atoms with Crippen molar-refractivity contribution in [3.63, 3.8) is 0 Å². The Balaban J connectivity index is 0.000000220. The van der Waals surface area contributed by atoms with Crippen LogP contribution >= 0.6 is 15.9 Å². The summed E-state index contributed by atoms with van der Waals surface area (Å²) in [6, 6.07) is 2.24. The second kappa shape index (κ2) is 6.85. The first kappa shape index (κ1) is 18.1. The molecule has 22 heavy (non-hydrogen) atoms. The number of aromatic amines is 1. The summed E-state index contributed by atoms with van der Waals surface area (Å²) in [5.74, 6) is -2.41. The third-order valence-corrected chi connectivity index (χ3v) is 2.26. The van der Waals surface area contributed by atoms with Gasteiger partial charge in [0.15, 0.2) is 0 Å². The van der Waals surface area contributed by atoms with Gasteiger partial charge in [-0.3, -0.25) is 4.79 Å². The fourth-order valence-corrected chi connectivity index (χ4v) is 1.27. The molecule has 1 N–H and O–H groups in total. The van der Waals surface area contributed by atoms with Gasteiger partial charge in [-0.05, 0) is 22.0 Å². The molecule has 0 bridgehead atoms. The molecule has 120 valence electrons. The molecule has 0 fully saturated rings. The largest absolute Gasteiger partial charge is 0.451 e. The van der Waals surface area contributed by atoms with E-state index in [0.717, 1.165) is 18.5 Å². The normalized spacial score (nSPS) is 11.6. The molecule has 0 aromatic carbocycles. The Morgan fingerprint density at radius 2 is 1.55 bits per heavy atom. The van der Waals surface area contributed by atoms with E-state index in [2.05, 4.69) is 30.9 Å². The number of aromatic nitrogens is 4. The second-order valence-corrected chi connectivity index (χ2v) is 4.29. The smallest absolute Gasteiger partial charge is 0.303 e. The number of rotatable bonds is 0. The summed E-state index contributed by atoms with van der Waals surface area (Å²) in [5.41, 5.74) is -0.813. The van der Waals surface area contributed by atoms with Crippen molar-refractivity contribution in [1.29, 1.82) is 0 Å². The van der Waals surface area contributed by atoms with E-state index in [1.54, 1.807) is 4.98 Å². The van der Waals surface area contributed by atoms with Crippen molar-refractivity contribution in [3.05, 3.63) is 51.1 Å². The van der Waals surface area contributed by atoms with Crippen LogP contribution in [0.4, 0.5) is 26.3 Å². The number of H-pyrrole nitrogens is 1. The maximum atomic E-state index is 11.8. The molecular weight excluding hydrogens is 386 g/mol. The maximum absolute atomic E-state index is 11.8. The molecule has 0 atom stereocenters. The fraction of sp³-hybridized carbons (Fsp3) is 0.200. The molecule has 5 nitrogen and oxygen atoms in total. The number of hydrogen-bond acceptors (Lipinski definition) is 4. The monoisotopic (exact) mass is 390 g/mol. The molecule has 0 saturated heterocycles. The minimum absolute atomic E-state index is 0.125. The van der Waals surface area contributed by atoms with E-state index >= 15 is 0 Å². The highest BCUT2D eigenvalue weighted by Gasteiger charge is 2.34. The molecule has 0 spiro atoms. The quantitative estimate of drug-likeness (QED) is 0.554. The Morgan fingerprint density at radius 1 is 0.955 bits per heavy atom.